The van der Waals surface area contributed by atoms with Gasteiger partial charge in [-0.25, -0.2) is 4.79 Å². The molecule has 6 nitrogen and oxygen atoms in total. The number of hydrogen-bond donors (Lipinski definition) is 1. The van der Waals surface area contributed by atoms with Gasteiger partial charge in [0.2, 0.25) is 0 Å². The van der Waals surface area contributed by atoms with Gasteiger partial charge in [-0.05, 0) is 6.42 Å². The van der Waals surface area contributed by atoms with Crippen LogP contribution in [-0.4, -0.2) is 63.3 Å². The van der Waals surface area contributed by atoms with E-state index in [0.717, 1.165) is 19.4 Å². The van der Waals surface area contributed by atoms with Gasteiger partial charge in [-0.3, -0.25) is 0 Å². The molecule has 2 fully saturated rings. The van der Waals surface area contributed by atoms with Gasteiger partial charge in [-0.2, -0.15) is 0 Å². The monoisotopic (exact) mass is 244 g/mol. The summed E-state index contributed by atoms with van der Waals surface area (Å²) < 4.78 is 16.1. The van der Waals surface area contributed by atoms with Crippen molar-refractivity contribution in [2.45, 2.75) is 18.6 Å². The predicted molar refractivity (Wildman–Crippen MR) is 60.7 cm³/mol. The van der Waals surface area contributed by atoms with E-state index in [4.69, 9.17) is 14.2 Å². The normalized spacial score (nSPS) is 23.0. The van der Waals surface area contributed by atoms with Crippen molar-refractivity contribution in [3.8, 4) is 0 Å². The Balaban J connectivity index is 1.82. The molecule has 98 valence electrons. The van der Waals surface area contributed by atoms with Crippen molar-refractivity contribution in [2.24, 2.45) is 0 Å². The van der Waals surface area contributed by atoms with Crippen LogP contribution in [-0.2, 0) is 14.2 Å². The molecule has 0 radical (unpaired) electrons. The van der Waals surface area contributed by atoms with Gasteiger partial charge in [-0.15, -0.1) is 0 Å². The third-order valence-electron chi connectivity index (χ3n) is 3.10. The number of amides is 2. The van der Waals surface area contributed by atoms with Crippen molar-refractivity contribution >= 4 is 6.03 Å². The highest BCUT2D eigenvalue weighted by atomic mass is 16.7. The van der Waals surface area contributed by atoms with Gasteiger partial charge in [0.25, 0.3) is 0 Å². The van der Waals surface area contributed by atoms with Crippen molar-refractivity contribution < 1.29 is 19.0 Å². The fourth-order valence-electron chi connectivity index (χ4n) is 2.27. The molecule has 0 aromatic rings. The Hall–Kier alpha value is -0.850. The highest BCUT2D eigenvalue weighted by molar-refractivity contribution is 5.74. The molecule has 0 bridgehead atoms. The van der Waals surface area contributed by atoms with Crippen molar-refractivity contribution in [2.75, 3.05) is 46.6 Å². The lowest BCUT2D eigenvalue weighted by atomic mass is 10.1. The predicted octanol–water partition coefficient (Wildman–Crippen LogP) is 0.181. The molecule has 0 aromatic carbocycles. The van der Waals surface area contributed by atoms with E-state index in [2.05, 4.69) is 5.32 Å². The average molecular weight is 244 g/mol. The standard InChI is InChI=1S/C11H20N2O4/c1-15-6-4-12-10(14)13-5-2-3-11(9-13)16-7-8-17-11/h2-9H2,1H3,(H,12,14). The van der Waals surface area contributed by atoms with E-state index in [1.54, 1.807) is 12.0 Å². The Kier molecular flexibility index (Phi) is 4.20. The smallest absolute Gasteiger partial charge is 0.317 e. The quantitative estimate of drug-likeness (QED) is 0.720. The van der Waals surface area contributed by atoms with Gasteiger partial charge in [0.1, 0.15) is 0 Å². The van der Waals surface area contributed by atoms with Crippen molar-refractivity contribution in [3.05, 3.63) is 0 Å². The van der Waals surface area contributed by atoms with Gasteiger partial charge in [0.15, 0.2) is 5.79 Å². The van der Waals surface area contributed by atoms with E-state index < -0.39 is 5.79 Å². The van der Waals surface area contributed by atoms with Crippen LogP contribution in [0.5, 0.6) is 0 Å². The summed E-state index contributed by atoms with van der Waals surface area (Å²) in [6, 6.07) is -0.0692. The Morgan fingerprint density at radius 1 is 1.47 bits per heavy atom. The van der Waals surface area contributed by atoms with E-state index in [0.29, 0.717) is 32.9 Å². The van der Waals surface area contributed by atoms with Crippen molar-refractivity contribution in [3.63, 3.8) is 0 Å². The van der Waals surface area contributed by atoms with Gasteiger partial charge in [0, 0.05) is 26.6 Å². The topological polar surface area (TPSA) is 60.0 Å². The molecular formula is C11H20N2O4. The molecule has 2 aliphatic rings. The van der Waals surface area contributed by atoms with Crippen LogP contribution in [0, 0.1) is 0 Å². The Morgan fingerprint density at radius 3 is 2.94 bits per heavy atom. The van der Waals surface area contributed by atoms with Crippen LogP contribution in [0.15, 0.2) is 0 Å². The number of methoxy groups -OCH3 is 1. The lowest BCUT2D eigenvalue weighted by Crippen LogP contribution is -2.53. The maximum atomic E-state index is 11.9. The number of carbonyl (C=O) groups excluding carboxylic acids is 1. The second-order valence-corrected chi connectivity index (χ2v) is 4.36. The number of ether oxygens (including phenoxy) is 3. The van der Waals surface area contributed by atoms with Crippen molar-refractivity contribution in [1.82, 2.24) is 10.2 Å². The number of carbonyl (C=O) groups is 1. The van der Waals surface area contributed by atoms with Crippen LogP contribution < -0.4 is 5.32 Å². The summed E-state index contributed by atoms with van der Waals surface area (Å²) in [5.74, 6) is -0.545. The fraction of sp³-hybridized carbons (Fsp3) is 0.909. The number of urea groups is 1. The number of nitrogens with zero attached hydrogens (tertiary/aromatic N) is 1. The number of nitrogens with one attached hydrogen (secondary N) is 1. The van der Waals surface area contributed by atoms with Crippen LogP contribution >= 0.6 is 0 Å². The zero-order chi connectivity index (χ0) is 12.1. The lowest BCUT2D eigenvalue weighted by molar-refractivity contribution is -0.182. The minimum absolute atomic E-state index is 0.0692. The van der Waals surface area contributed by atoms with Gasteiger partial charge in [0.05, 0.1) is 26.4 Å². The highest BCUT2D eigenvalue weighted by Crippen LogP contribution is 2.29. The molecule has 0 aliphatic carbocycles. The minimum Gasteiger partial charge on any atom is -0.383 e. The van der Waals surface area contributed by atoms with Crippen LogP contribution in [0.25, 0.3) is 0 Å². The third-order valence-corrected chi connectivity index (χ3v) is 3.10. The number of hydrogen-bond acceptors (Lipinski definition) is 4. The zero-order valence-corrected chi connectivity index (χ0v) is 10.2. The minimum atomic E-state index is -0.545. The molecule has 2 saturated heterocycles. The lowest BCUT2D eigenvalue weighted by Gasteiger charge is -2.38. The summed E-state index contributed by atoms with van der Waals surface area (Å²) in [4.78, 5) is 13.6. The Bertz CT molecular complexity index is 266. The molecule has 0 atom stereocenters. The maximum absolute atomic E-state index is 11.9. The molecule has 0 aromatic heterocycles. The van der Waals surface area contributed by atoms with E-state index in [1.165, 1.54) is 0 Å². The largest absolute Gasteiger partial charge is 0.383 e. The van der Waals surface area contributed by atoms with Crippen molar-refractivity contribution in [1.29, 1.82) is 0 Å². The molecule has 2 aliphatic heterocycles. The third kappa shape index (κ3) is 3.08. The van der Waals surface area contributed by atoms with E-state index in [1.807, 2.05) is 0 Å². The van der Waals surface area contributed by atoms with Crippen LogP contribution in [0.2, 0.25) is 0 Å². The van der Waals surface area contributed by atoms with E-state index >= 15 is 0 Å². The molecule has 2 heterocycles. The number of piperidine rings is 1. The van der Waals surface area contributed by atoms with Crippen LogP contribution in [0.4, 0.5) is 4.79 Å². The summed E-state index contributed by atoms with van der Waals surface area (Å²) in [6.45, 7) is 3.58. The number of rotatable bonds is 3. The average Bonchev–Trinajstić information content (AvgIpc) is 2.77. The summed E-state index contributed by atoms with van der Waals surface area (Å²) >= 11 is 0. The van der Waals surface area contributed by atoms with Gasteiger partial charge >= 0.3 is 6.03 Å². The maximum Gasteiger partial charge on any atom is 0.317 e. The summed E-state index contributed by atoms with van der Waals surface area (Å²) in [5.41, 5.74) is 0. The van der Waals surface area contributed by atoms with Crippen LogP contribution in [0.3, 0.4) is 0 Å². The summed E-state index contributed by atoms with van der Waals surface area (Å²) in [6.07, 6.45) is 1.78. The van der Waals surface area contributed by atoms with Gasteiger partial charge < -0.3 is 24.4 Å². The Morgan fingerprint density at radius 2 is 2.24 bits per heavy atom. The first-order valence-electron chi connectivity index (χ1n) is 6.05. The van der Waals surface area contributed by atoms with E-state index in [9.17, 15) is 4.79 Å². The summed E-state index contributed by atoms with van der Waals surface area (Å²) in [5, 5.41) is 2.81. The molecular weight excluding hydrogens is 224 g/mol. The molecule has 0 saturated carbocycles. The van der Waals surface area contributed by atoms with E-state index in [-0.39, 0.29) is 6.03 Å². The van der Waals surface area contributed by atoms with Gasteiger partial charge in [-0.1, -0.05) is 0 Å². The highest BCUT2D eigenvalue weighted by Gasteiger charge is 2.41. The first-order valence-corrected chi connectivity index (χ1v) is 6.05. The SMILES string of the molecule is COCCNC(=O)N1CCCC2(C1)OCCO2. The second-order valence-electron chi connectivity index (χ2n) is 4.36. The zero-order valence-electron chi connectivity index (χ0n) is 10.2. The molecule has 17 heavy (non-hydrogen) atoms. The molecule has 0 unspecified atom stereocenters. The first kappa shape index (κ1) is 12.6. The molecule has 6 heteroatoms. The summed E-state index contributed by atoms with van der Waals surface area (Å²) in [7, 11) is 1.61. The Labute approximate surface area is 101 Å². The molecule has 1 N–H and O–H groups in total. The number of likely N-dealkylation sites (tertiary alicyclic amines) is 1. The molecule has 1 spiro atoms. The molecule has 2 rings (SSSR count). The second kappa shape index (κ2) is 5.66. The molecule has 2 amide bonds. The van der Waals surface area contributed by atoms with Crippen LogP contribution in [0.1, 0.15) is 12.8 Å². The fourth-order valence-corrected chi connectivity index (χ4v) is 2.27. The first-order chi connectivity index (χ1) is 8.26.